The van der Waals surface area contributed by atoms with E-state index in [4.69, 9.17) is 9.84 Å². The first-order valence-electron chi connectivity index (χ1n) is 7.86. The number of hydrogen-bond acceptors (Lipinski definition) is 4. The number of thiophene rings is 1. The number of aromatic carboxylic acids is 1. The molecule has 0 bridgehead atoms. The molecule has 5 nitrogen and oxygen atoms in total. The fourth-order valence-corrected chi connectivity index (χ4v) is 3.95. The van der Waals surface area contributed by atoms with Crippen molar-refractivity contribution in [2.45, 2.75) is 25.3 Å². The van der Waals surface area contributed by atoms with Crippen LogP contribution in [0.25, 0.3) is 0 Å². The monoisotopic (exact) mass is 345 g/mol. The predicted molar refractivity (Wildman–Crippen MR) is 92.0 cm³/mol. The number of nitrogens with zero attached hydrogens (tertiary/aromatic N) is 1. The molecule has 1 atom stereocenters. The third-order valence-electron chi connectivity index (χ3n) is 4.31. The van der Waals surface area contributed by atoms with Gasteiger partial charge in [-0.05, 0) is 43.0 Å². The van der Waals surface area contributed by atoms with E-state index in [2.05, 4.69) is 0 Å². The molecule has 24 heavy (non-hydrogen) atoms. The summed E-state index contributed by atoms with van der Waals surface area (Å²) in [6.07, 6.45) is 2.65. The number of carboxylic acid groups (broad SMARTS) is 1. The van der Waals surface area contributed by atoms with Crippen LogP contribution in [0.4, 0.5) is 0 Å². The summed E-state index contributed by atoms with van der Waals surface area (Å²) in [5.41, 5.74) is 1.09. The van der Waals surface area contributed by atoms with Gasteiger partial charge in [0, 0.05) is 12.6 Å². The number of hydrogen-bond donors (Lipinski definition) is 1. The third-order valence-corrected chi connectivity index (χ3v) is 5.37. The molecule has 0 spiro atoms. The molecule has 1 aliphatic rings. The van der Waals surface area contributed by atoms with E-state index in [0.29, 0.717) is 11.4 Å². The first-order valence-corrected chi connectivity index (χ1v) is 8.68. The number of carbonyl (C=O) groups is 2. The van der Waals surface area contributed by atoms with Gasteiger partial charge in [0.2, 0.25) is 0 Å². The molecule has 0 unspecified atom stereocenters. The van der Waals surface area contributed by atoms with Gasteiger partial charge < -0.3 is 14.7 Å². The molecule has 3 rings (SSSR count). The van der Waals surface area contributed by atoms with Gasteiger partial charge in [0.15, 0.2) is 0 Å². The second-order valence-electron chi connectivity index (χ2n) is 5.78. The van der Waals surface area contributed by atoms with Crippen molar-refractivity contribution in [3.8, 4) is 5.75 Å². The molecule has 1 aromatic carbocycles. The lowest BCUT2D eigenvalue weighted by molar-refractivity contribution is 0.0700. The van der Waals surface area contributed by atoms with Gasteiger partial charge in [-0.2, -0.15) is 0 Å². The number of methoxy groups -OCH3 is 1. The number of rotatable bonds is 5. The van der Waals surface area contributed by atoms with Gasteiger partial charge >= 0.3 is 5.97 Å². The van der Waals surface area contributed by atoms with Crippen molar-refractivity contribution in [3.05, 3.63) is 51.7 Å². The number of amides is 1. The molecule has 2 aromatic rings. The second kappa shape index (κ2) is 7.05. The van der Waals surface area contributed by atoms with Crippen molar-refractivity contribution in [1.29, 1.82) is 0 Å². The highest BCUT2D eigenvalue weighted by Gasteiger charge is 2.31. The molecular weight excluding hydrogens is 326 g/mol. The maximum absolute atomic E-state index is 12.8. The van der Waals surface area contributed by atoms with E-state index in [1.807, 2.05) is 29.2 Å². The largest absolute Gasteiger partial charge is 0.496 e. The number of likely N-dealkylation sites (tertiary alicyclic amines) is 1. The van der Waals surface area contributed by atoms with E-state index in [1.54, 1.807) is 13.2 Å². The van der Waals surface area contributed by atoms with Crippen molar-refractivity contribution in [3.63, 3.8) is 0 Å². The van der Waals surface area contributed by atoms with Crippen molar-refractivity contribution in [1.82, 2.24) is 4.90 Å². The Balaban J connectivity index is 1.77. The smallest absolute Gasteiger partial charge is 0.345 e. The minimum Gasteiger partial charge on any atom is -0.496 e. The van der Waals surface area contributed by atoms with Crippen LogP contribution in [0.15, 0.2) is 36.4 Å². The van der Waals surface area contributed by atoms with Gasteiger partial charge in [0.1, 0.15) is 10.6 Å². The lowest BCUT2D eigenvalue weighted by atomic mass is 10.0. The average molecular weight is 345 g/mol. The van der Waals surface area contributed by atoms with E-state index in [9.17, 15) is 9.59 Å². The zero-order valence-corrected chi connectivity index (χ0v) is 14.2. The molecule has 1 N–H and O–H groups in total. The summed E-state index contributed by atoms with van der Waals surface area (Å²) in [6, 6.07) is 11.1. The van der Waals surface area contributed by atoms with Crippen molar-refractivity contribution in [2.24, 2.45) is 0 Å². The van der Waals surface area contributed by atoms with Gasteiger partial charge in [0.25, 0.3) is 5.91 Å². The van der Waals surface area contributed by atoms with Crippen LogP contribution in [0, 0.1) is 0 Å². The molecule has 1 amide bonds. The van der Waals surface area contributed by atoms with E-state index in [0.717, 1.165) is 41.9 Å². The third kappa shape index (κ3) is 3.28. The van der Waals surface area contributed by atoms with E-state index < -0.39 is 5.97 Å². The quantitative estimate of drug-likeness (QED) is 0.903. The van der Waals surface area contributed by atoms with Gasteiger partial charge in [-0.1, -0.05) is 18.2 Å². The molecule has 2 heterocycles. The topological polar surface area (TPSA) is 66.8 Å². The van der Waals surface area contributed by atoms with Gasteiger partial charge in [-0.15, -0.1) is 11.3 Å². The van der Waals surface area contributed by atoms with E-state index in [1.165, 1.54) is 6.07 Å². The molecule has 0 radical (unpaired) electrons. The first-order chi connectivity index (χ1) is 11.6. The van der Waals surface area contributed by atoms with Crippen LogP contribution in [-0.4, -0.2) is 41.6 Å². The van der Waals surface area contributed by atoms with Crippen molar-refractivity contribution >= 4 is 23.2 Å². The highest BCUT2D eigenvalue weighted by Crippen LogP contribution is 2.28. The minimum absolute atomic E-state index is 0.0788. The molecule has 1 aliphatic heterocycles. The molecule has 126 valence electrons. The Labute approximate surface area is 144 Å². The van der Waals surface area contributed by atoms with Crippen LogP contribution in [0.3, 0.4) is 0 Å². The Morgan fingerprint density at radius 1 is 1.25 bits per heavy atom. The maximum Gasteiger partial charge on any atom is 0.345 e. The van der Waals surface area contributed by atoms with Gasteiger partial charge in [-0.25, -0.2) is 4.79 Å². The molecule has 0 saturated carbocycles. The zero-order valence-electron chi connectivity index (χ0n) is 13.4. The summed E-state index contributed by atoms with van der Waals surface area (Å²) >= 11 is 1.04. The molecule has 6 heteroatoms. The van der Waals surface area contributed by atoms with Gasteiger partial charge in [0.05, 0.1) is 12.0 Å². The minimum atomic E-state index is -0.994. The first kappa shape index (κ1) is 16.5. The Morgan fingerprint density at radius 3 is 2.71 bits per heavy atom. The number of carbonyl (C=O) groups excluding carboxylic acids is 1. The Bertz CT molecular complexity index is 755. The molecule has 1 aromatic heterocycles. The van der Waals surface area contributed by atoms with E-state index in [-0.39, 0.29) is 16.8 Å². The number of ether oxygens (including phenoxy) is 1. The summed E-state index contributed by atoms with van der Waals surface area (Å²) in [4.78, 5) is 26.3. The second-order valence-corrected chi connectivity index (χ2v) is 6.86. The average Bonchev–Trinajstić information content (AvgIpc) is 3.24. The summed E-state index contributed by atoms with van der Waals surface area (Å²) < 4.78 is 5.40. The normalized spacial score (nSPS) is 17.0. The van der Waals surface area contributed by atoms with Crippen molar-refractivity contribution in [2.75, 3.05) is 13.7 Å². The van der Waals surface area contributed by atoms with E-state index >= 15 is 0 Å². The fourth-order valence-electron chi connectivity index (χ4n) is 3.15. The van der Waals surface area contributed by atoms with Crippen LogP contribution in [0.2, 0.25) is 0 Å². The lowest BCUT2D eigenvalue weighted by Gasteiger charge is -2.25. The Morgan fingerprint density at radius 2 is 2.00 bits per heavy atom. The number of para-hydroxylation sites is 1. The van der Waals surface area contributed by atoms with Crippen LogP contribution in [-0.2, 0) is 6.42 Å². The summed E-state index contributed by atoms with van der Waals surface area (Å²) in [6.45, 7) is 0.707. The van der Waals surface area contributed by atoms with Crippen molar-refractivity contribution < 1.29 is 19.4 Å². The van der Waals surface area contributed by atoms with Gasteiger partial charge in [-0.3, -0.25) is 4.79 Å². The highest BCUT2D eigenvalue weighted by atomic mass is 32.1. The molecule has 0 aliphatic carbocycles. The predicted octanol–water partition coefficient (Wildman–Crippen LogP) is 3.30. The van der Waals surface area contributed by atoms with Crippen LogP contribution < -0.4 is 4.74 Å². The zero-order chi connectivity index (χ0) is 17.1. The highest BCUT2D eigenvalue weighted by molar-refractivity contribution is 7.15. The number of benzene rings is 1. The lowest BCUT2D eigenvalue weighted by Crippen LogP contribution is -2.36. The van der Waals surface area contributed by atoms with Crippen LogP contribution >= 0.6 is 11.3 Å². The standard InChI is InChI=1S/C18H19NO4S/c1-23-14-7-3-2-5-12(14)11-13-6-4-10-19(13)17(20)15-8-9-16(24-15)18(21)22/h2-3,5,7-9,13H,4,6,10-11H2,1H3,(H,21,22)/t13-/m0/s1. The SMILES string of the molecule is COc1ccccc1C[C@@H]1CCCN1C(=O)c1ccc(C(=O)O)s1. The molecule has 1 saturated heterocycles. The summed E-state index contributed by atoms with van der Waals surface area (Å²) in [7, 11) is 1.65. The molecular formula is C18H19NO4S. The molecule has 1 fully saturated rings. The summed E-state index contributed by atoms with van der Waals surface area (Å²) in [5, 5.41) is 9.02. The Hall–Kier alpha value is -2.34. The number of carboxylic acids is 1. The maximum atomic E-state index is 12.8. The summed E-state index contributed by atoms with van der Waals surface area (Å²) in [5.74, 6) is -0.239. The Kier molecular flexibility index (Phi) is 4.85. The van der Waals surface area contributed by atoms with Crippen LogP contribution in [0.1, 0.15) is 37.7 Å². The fraction of sp³-hybridized carbons (Fsp3) is 0.333. The van der Waals surface area contributed by atoms with Crippen LogP contribution in [0.5, 0.6) is 5.75 Å².